The Morgan fingerprint density at radius 2 is 1.76 bits per heavy atom. The number of carboxylic acids is 1. The van der Waals surface area contributed by atoms with Crippen molar-refractivity contribution in [1.29, 1.82) is 0 Å². The fraction of sp³-hybridized carbons (Fsp3) is 0.136. The van der Waals surface area contributed by atoms with Crippen LogP contribution in [0.5, 0.6) is 0 Å². The maximum Gasteiger partial charge on any atom is 0.268 e. The van der Waals surface area contributed by atoms with Gasteiger partial charge in [0.15, 0.2) is 0 Å². The molecule has 148 valence electrons. The van der Waals surface area contributed by atoms with Crippen LogP contribution in [0.25, 0.3) is 17.0 Å². The first kappa shape index (κ1) is 19.9. The molecule has 0 radical (unpaired) electrons. The van der Waals surface area contributed by atoms with Crippen LogP contribution in [0, 0.1) is 0 Å². The van der Waals surface area contributed by atoms with E-state index in [2.05, 4.69) is 15.6 Å². The molecule has 3 rings (SSSR count). The first-order valence-electron chi connectivity index (χ1n) is 9.05. The van der Waals surface area contributed by atoms with E-state index in [0.29, 0.717) is 5.56 Å². The van der Waals surface area contributed by atoms with Gasteiger partial charge in [-0.05, 0) is 23.3 Å². The van der Waals surface area contributed by atoms with Gasteiger partial charge >= 0.3 is 0 Å². The molecule has 3 N–H and O–H groups in total. The summed E-state index contributed by atoms with van der Waals surface area (Å²) in [7, 11) is 0. The van der Waals surface area contributed by atoms with Crippen molar-refractivity contribution in [2.75, 3.05) is 0 Å². The number of fused-ring (bicyclic) bond motifs is 1. The Morgan fingerprint density at radius 1 is 1.07 bits per heavy atom. The topological polar surface area (TPSA) is 114 Å². The Bertz CT molecular complexity index is 1070. The Balaban J connectivity index is 1.82. The Kier molecular flexibility index (Phi) is 6.09. The van der Waals surface area contributed by atoms with Gasteiger partial charge in [0.2, 0.25) is 5.91 Å². The number of rotatable bonds is 7. The third kappa shape index (κ3) is 5.10. The number of aliphatic carboxylic acids is 1. The number of hydrogen-bond donors (Lipinski definition) is 3. The molecule has 0 saturated heterocycles. The molecular formula is C22H20N3O4-. The second-order valence-corrected chi connectivity index (χ2v) is 6.56. The number of aromatic nitrogens is 1. The summed E-state index contributed by atoms with van der Waals surface area (Å²) in [5.41, 5.74) is 2.25. The highest BCUT2D eigenvalue weighted by Gasteiger charge is 2.19. The smallest absolute Gasteiger partial charge is 0.268 e. The molecule has 0 unspecified atom stereocenters. The summed E-state index contributed by atoms with van der Waals surface area (Å²) in [5, 5.41) is 17.4. The molecule has 0 saturated carbocycles. The van der Waals surface area contributed by atoms with Gasteiger partial charge < -0.3 is 25.5 Å². The Labute approximate surface area is 167 Å². The quantitative estimate of drug-likeness (QED) is 0.525. The third-order valence-electron chi connectivity index (χ3n) is 4.35. The predicted molar refractivity (Wildman–Crippen MR) is 107 cm³/mol. The predicted octanol–water partition coefficient (Wildman–Crippen LogP) is 1.12. The van der Waals surface area contributed by atoms with E-state index in [4.69, 9.17) is 0 Å². The van der Waals surface area contributed by atoms with Crippen LogP contribution in [-0.4, -0.2) is 28.8 Å². The molecule has 2 amide bonds. The number of H-pyrrole nitrogens is 1. The van der Waals surface area contributed by atoms with Crippen molar-refractivity contribution in [2.24, 2.45) is 0 Å². The van der Waals surface area contributed by atoms with Crippen LogP contribution in [0.3, 0.4) is 0 Å². The third-order valence-corrected chi connectivity index (χ3v) is 4.35. The number of carboxylic acid groups (broad SMARTS) is 1. The van der Waals surface area contributed by atoms with E-state index >= 15 is 0 Å². The van der Waals surface area contributed by atoms with Crippen LogP contribution in [0.4, 0.5) is 0 Å². The van der Waals surface area contributed by atoms with Gasteiger partial charge in [-0.2, -0.15) is 0 Å². The largest absolute Gasteiger partial charge is 0.548 e. The summed E-state index contributed by atoms with van der Waals surface area (Å²) in [6.45, 7) is 1.27. The molecule has 2 aromatic carbocycles. The maximum atomic E-state index is 12.7. The second-order valence-electron chi connectivity index (χ2n) is 6.56. The number of hydrogen-bond acceptors (Lipinski definition) is 4. The average molecular weight is 390 g/mol. The number of aromatic amines is 1. The second kappa shape index (κ2) is 8.88. The summed E-state index contributed by atoms with van der Waals surface area (Å²) in [6.07, 6.45) is 3.23. The molecule has 1 heterocycles. The highest BCUT2D eigenvalue weighted by Crippen LogP contribution is 2.19. The van der Waals surface area contributed by atoms with Crippen LogP contribution in [0.15, 0.2) is 66.5 Å². The molecule has 7 heteroatoms. The molecule has 0 aliphatic heterocycles. The SMILES string of the molecule is CC(=O)N/C(=C/c1ccccc1)C(=O)N[C@@H](Cc1c[nH]c2ccccc12)C(=O)[O-]. The Hall–Kier alpha value is -3.87. The number of amides is 2. The van der Waals surface area contributed by atoms with Crippen molar-refractivity contribution in [2.45, 2.75) is 19.4 Å². The highest BCUT2D eigenvalue weighted by atomic mass is 16.4. The molecule has 1 aromatic heterocycles. The summed E-state index contributed by atoms with van der Waals surface area (Å²) >= 11 is 0. The van der Waals surface area contributed by atoms with Crippen LogP contribution < -0.4 is 15.7 Å². The fourth-order valence-electron chi connectivity index (χ4n) is 3.01. The van der Waals surface area contributed by atoms with Gasteiger partial charge in [0.05, 0.1) is 12.0 Å². The van der Waals surface area contributed by atoms with E-state index in [1.165, 1.54) is 13.0 Å². The standard InChI is InChI=1S/C22H21N3O4/c1-14(26)24-19(11-15-7-3-2-4-8-15)21(27)25-20(22(28)29)12-16-13-23-18-10-6-5-9-17(16)18/h2-11,13,20,23H,12H2,1H3,(H,24,26)(H,25,27)(H,28,29)/p-1/b19-11+/t20-/m0/s1. The van der Waals surface area contributed by atoms with Crippen LogP contribution in [-0.2, 0) is 20.8 Å². The number of nitrogens with one attached hydrogen (secondary N) is 3. The fourth-order valence-corrected chi connectivity index (χ4v) is 3.01. The van der Waals surface area contributed by atoms with E-state index in [-0.39, 0.29) is 12.1 Å². The van der Waals surface area contributed by atoms with Crippen LogP contribution >= 0.6 is 0 Å². The van der Waals surface area contributed by atoms with Gasteiger partial charge in [-0.3, -0.25) is 9.59 Å². The number of benzene rings is 2. The van der Waals surface area contributed by atoms with Crippen molar-refractivity contribution in [3.05, 3.63) is 77.6 Å². The van der Waals surface area contributed by atoms with Crippen molar-refractivity contribution >= 4 is 34.8 Å². The molecule has 0 bridgehead atoms. The van der Waals surface area contributed by atoms with Gasteiger partial charge in [-0.15, -0.1) is 0 Å². The van der Waals surface area contributed by atoms with E-state index < -0.39 is 23.8 Å². The highest BCUT2D eigenvalue weighted by molar-refractivity contribution is 6.02. The van der Waals surface area contributed by atoms with Crippen molar-refractivity contribution in [1.82, 2.24) is 15.6 Å². The molecule has 0 spiro atoms. The van der Waals surface area contributed by atoms with Gasteiger partial charge in [0.1, 0.15) is 5.70 Å². The minimum Gasteiger partial charge on any atom is -0.548 e. The molecule has 0 aliphatic carbocycles. The number of para-hydroxylation sites is 1. The Morgan fingerprint density at radius 3 is 2.45 bits per heavy atom. The summed E-state index contributed by atoms with van der Waals surface area (Å²) in [5.74, 6) is -2.56. The van der Waals surface area contributed by atoms with Crippen LogP contribution in [0.1, 0.15) is 18.1 Å². The molecule has 29 heavy (non-hydrogen) atoms. The monoisotopic (exact) mass is 390 g/mol. The lowest BCUT2D eigenvalue weighted by Gasteiger charge is -2.20. The van der Waals surface area contributed by atoms with Gasteiger partial charge in [-0.25, -0.2) is 0 Å². The first-order valence-corrected chi connectivity index (χ1v) is 9.05. The normalized spacial score (nSPS) is 12.4. The van der Waals surface area contributed by atoms with Gasteiger partial charge in [0.25, 0.3) is 5.91 Å². The minimum absolute atomic E-state index is 0.0385. The molecule has 0 aliphatic rings. The lowest BCUT2D eigenvalue weighted by Crippen LogP contribution is -2.50. The van der Waals surface area contributed by atoms with E-state index in [0.717, 1.165) is 16.5 Å². The maximum absolute atomic E-state index is 12.7. The summed E-state index contributed by atoms with van der Waals surface area (Å²) < 4.78 is 0. The van der Waals surface area contributed by atoms with E-state index in [1.54, 1.807) is 30.5 Å². The lowest BCUT2D eigenvalue weighted by molar-refractivity contribution is -0.308. The molecule has 0 fully saturated rings. The molecule has 1 atom stereocenters. The van der Waals surface area contributed by atoms with E-state index in [1.807, 2.05) is 30.3 Å². The van der Waals surface area contributed by atoms with Gasteiger partial charge in [0, 0.05) is 30.4 Å². The molecule has 7 nitrogen and oxygen atoms in total. The average Bonchev–Trinajstić information content (AvgIpc) is 3.10. The van der Waals surface area contributed by atoms with Crippen LogP contribution in [0.2, 0.25) is 0 Å². The number of carbonyl (C=O) groups is 3. The molecular weight excluding hydrogens is 370 g/mol. The minimum atomic E-state index is -1.41. The zero-order chi connectivity index (χ0) is 20.8. The van der Waals surface area contributed by atoms with E-state index in [9.17, 15) is 19.5 Å². The zero-order valence-corrected chi connectivity index (χ0v) is 15.8. The van der Waals surface area contributed by atoms with Crippen molar-refractivity contribution < 1.29 is 19.5 Å². The first-order chi connectivity index (χ1) is 13.9. The molecule has 3 aromatic rings. The zero-order valence-electron chi connectivity index (χ0n) is 15.8. The lowest BCUT2D eigenvalue weighted by atomic mass is 10.0. The summed E-state index contributed by atoms with van der Waals surface area (Å²) in [6, 6.07) is 15.1. The van der Waals surface area contributed by atoms with Crippen molar-refractivity contribution in [3.63, 3.8) is 0 Å². The summed E-state index contributed by atoms with van der Waals surface area (Å²) in [4.78, 5) is 38.9. The van der Waals surface area contributed by atoms with Gasteiger partial charge in [-0.1, -0.05) is 48.5 Å². The van der Waals surface area contributed by atoms with Crippen molar-refractivity contribution in [3.8, 4) is 0 Å². The number of carbonyl (C=O) groups excluding carboxylic acids is 3.